The third kappa shape index (κ3) is 3.23. The highest BCUT2D eigenvalue weighted by molar-refractivity contribution is 6.30. The van der Waals surface area contributed by atoms with Crippen LogP contribution in [0.5, 0.6) is 0 Å². The first-order chi connectivity index (χ1) is 10.2. The van der Waals surface area contributed by atoms with Crippen molar-refractivity contribution in [3.8, 4) is 0 Å². The van der Waals surface area contributed by atoms with Gasteiger partial charge in [0.1, 0.15) is 6.10 Å². The molecule has 0 saturated carbocycles. The summed E-state index contributed by atoms with van der Waals surface area (Å²) in [5.41, 5.74) is 1.64. The summed E-state index contributed by atoms with van der Waals surface area (Å²) in [6, 6.07) is 11.0. The zero-order chi connectivity index (χ0) is 14.7. The number of halogens is 1. The first-order valence-corrected chi connectivity index (χ1v) is 7.18. The first-order valence-electron chi connectivity index (χ1n) is 6.80. The number of carbonyl (C=O) groups excluding carboxylic acids is 1. The molecule has 0 aliphatic carbocycles. The Hall–Kier alpha value is -1.91. The molecule has 21 heavy (non-hydrogen) atoms. The minimum atomic E-state index is -0.136. The van der Waals surface area contributed by atoms with Gasteiger partial charge in [0.2, 0.25) is 0 Å². The number of carbonyl (C=O) groups is 1. The summed E-state index contributed by atoms with van der Waals surface area (Å²) in [5.74, 6) is 0.00716. The zero-order valence-corrected chi connectivity index (χ0v) is 12.2. The number of hydrogen-bond acceptors (Lipinski definition) is 3. The number of ether oxygens (including phenoxy) is 1. The summed E-state index contributed by atoms with van der Waals surface area (Å²) in [6.45, 7) is 1.65. The van der Waals surface area contributed by atoms with E-state index < -0.39 is 0 Å². The molecule has 1 unspecified atom stereocenters. The molecule has 5 heteroatoms. The van der Waals surface area contributed by atoms with E-state index in [2.05, 4.69) is 4.98 Å². The average Bonchev–Trinajstić information content (AvgIpc) is 2.55. The summed E-state index contributed by atoms with van der Waals surface area (Å²) in [5, 5.41) is 0.675. The van der Waals surface area contributed by atoms with Gasteiger partial charge in [-0.2, -0.15) is 0 Å². The Bertz CT molecular complexity index is 633. The molecule has 2 aromatic rings. The van der Waals surface area contributed by atoms with E-state index in [4.69, 9.17) is 16.3 Å². The normalized spacial score (nSPS) is 18.5. The lowest BCUT2D eigenvalue weighted by Gasteiger charge is -2.33. The molecular weight excluding hydrogens is 288 g/mol. The molecule has 1 aliphatic heterocycles. The molecule has 0 N–H and O–H groups in total. The van der Waals surface area contributed by atoms with Crippen molar-refractivity contribution in [2.45, 2.75) is 6.10 Å². The molecule has 1 aromatic carbocycles. The van der Waals surface area contributed by atoms with Crippen LogP contribution < -0.4 is 0 Å². The van der Waals surface area contributed by atoms with E-state index in [1.807, 2.05) is 29.2 Å². The van der Waals surface area contributed by atoms with Gasteiger partial charge in [0.05, 0.1) is 13.2 Å². The van der Waals surface area contributed by atoms with Crippen LogP contribution >= 0.6 is 11.6 Å². The number of morpholine rings is 1. The molecule has 0 radical (unpaired) electrons. The Morgan fingerprint density at radius 3 is 2.86 bits per heavy atom. The number of benzene rings is 1. The first kappa shape index (κ1) is 14.0. The van der Waals surface area contributed by atoms with Gasteiger partial charge in [-0.05, 0) is 29.8 Å². The van der Waals surface area contributed by atoms with E-state index in [9.17, 15) is 4.79 Å². The number of aromatic nitrogens is 1. The molecule has 0 spiro atoms. The van der Waals surface area contributed by atoms with Gasteiger partial charge in [-0.25, -0.2) is 0 Å². The molecule has 1 aliphatic rings. The Kier molecular flexibility index (Phi) is 4.18. The summed E-state index contributed by atoms with van der Waals surface area (Å²) < 4.78 is 5.77. The lowest BCUT2D eigenvalue weighted by Crippen LogP contribution is -2.42. The van der Waals surface area contributed by atoms with E-state index in [1.165, 1.54) is 0 Å². The molecule has 1 amide bonds. The predicted octanol–water partition coefficient (Wildman–Crippen LogP) is 2.95. The number of amides is 1. The van der Waals surface area contributed by atoms with Crippen LogP contribution in [0.15, 0.2) is 48.8 Å². The van der Waals surface area contributed by atoms with Gasteiger partial charge in [-0.1, -0.05) is 23.7 Å². The van der Waals surface area contributed by atoms with Gasteiger partial charge in [0.15, 0.2) is 0 Å². The van der Waals surface area contributed by atoms with Gasteiger partial charge < -0.3 is 9.64 Å². The van der Waals surface area contributed by atoms with Gasteiger partial charge in [-0.15, -0.1) is 0 Å². The van der Waals surface area contributed by atoms with Crippen molar-refractivity contribution in [2.24, 2.45) is 0 Å². The van der Waals surface area contributed by atoms with Crippen LogP contribution in [-0.2, 0) is 4.74 Å². The van der Waals surface area contributed by atoms with Crippen LogP contribution in [-0.4, -0.2) is 35.5 Å². The summed E-state index contributed by atoms with van der Waals surface area (Å²) >= 11 is 6.02. The van der Waals surface area contributed by atoms with Gasteiger partial charge >= 0.3 is 0 Å². The standard InChI is InChI=1S/C16H15ClN2O2/c17-14-3-1-2-13(10-14)15-11-19(8-9-21-15)16(20)12-4-6-18-7-5-12/h1-7,10,15H,8-9,11H2. The van der Waals surface area contributed by atoms with E-state index in [0.717, 1.165) is 5.56 Å². The molecule has 1 fully saturated rings. The highest BCUT2D eigenvalue weighted by Gasteiger charge is 2.26. The third-order valence-corrected chi connectivity index (χ3v) is 3.74. The number of hydrogen-bond donors (Lipinski definition) is 0. The van der Waals surface area contributed by atoms with Crippen molar-refractivity contribution >= 4 is 17.5 Å². The minimum absolute atomic E-state index is 0.00716. The topological polar surface area (TPSA) is 42.4 Å². The molecule has 2 heterocycles. The van der Waals surface area contributed by atoms with Crippen LogP contribution in [0.2, 0.25) is 5.02 Å². The highest BCUT2D eigenvalue weighted by Crippen LogP contribution is 2.25. The minimum Gasteiger partial charge on any atom is -0.370 e. The maximum atomic E-state index is 12.5. The monoisotopic (exact) mass is 302 g/mol. The van der Waals surface area contributed by atoms with E-state index >= 15 is 0 Å². The fraction of sp³-hybridized carbons (Fsp3) is 0.250. The van der Waals surface area contributed by atoms with Gasteiger partial charge in [0, 0.05) is 29.5 Å². The molecule has 1 aromatic heterocycles. The van der Waals surface area contributed by atoms with Crippen molar-refractivity contribution in [3.05, 3.63) is 64.9 Å². The second-order valence-electron chi connectivity index (χ2n) is 4.90. The Balaban J connectivity index is 1.75. The lowest BCUT2D eigenvalue weighted by molar-refractivity contribution is -0.0228. The number of nitrogens with zero attached hydrogens (tertiary/aromatic N) is 2. The van der Waals surface area contributed by atoms with Crippen molar-refractivity contribution in [3.63, 3.8) is 0 Å². The maximum absolute atomic E-state index is 12.5. The number of pyridine rings is 1. The maximum Gasteiger partial charge on any atom is 0.254 e. The van der Waals surface area contributed by atoms with Crippen LogP contribution in [0.25, 0.3) is 0 Å². The number of rotatable bonds is 2. The smallest absolute Gasteiger partial charge is 0.254 e. The van der Waals surface area contributed by atoms with Crippen molar-refractivity contribution < 1.29 is 9.53 Å². The molecular formula is C16H15ClN2O2. The fourth-order valence-corrected chi connectivity index (χ4v) is 2.62. The van der Waals surface area contributed by atoms with Crippen LogP contribution in [0, 0.1) is 0 Å². The second-order valence-corrected chi connectivity index (χ2v) is 5.34. The SMILES string of the molecule is O=C(c1ccncc1)N1CCOC(c2cccc(Cl)c2)C1. The van der Waals surface area contributed by atoms with Crippen molar-refractivity contribution in [1.29, 1.82) is 0 Å². The quantitative estimate of drug-likeness (QED) is 0.856. The predicted molar refractivity (Wildman–Crippen MR) is 80.3 cm³/mol. The highest BCUT2D eigenvalue weighted by atomic mass is 35.5. The summed E-state index contributed by atoms with van der Waals surface area (Å²) in [6.07, 6.45) is 3.12. The van der Waals surface area contributed by atoms with E-state index in [1.54, 1.807) is 24.5 Å². The molecule has 3 rings (SSSR count). The molecule has 108 valence electrons. The van der Waals surface area contributed by atoms with E-state index in [-0.39, 0.29) is 12.0 Å². The Morgan fingerprint density at radius 1 is 1.29 bits per heavy atom. The fourth-order valence-electron chi connectivity index (χ4n) is 2.42. The van der Waals surface area contributed by atoms with Crippen LogP contribution in [0.4, 0.5) is 0 Å². The summed E-state index contributed by atoms with van der Waals surface area (Å²) in [7, 11) is 0. The van der Waals surface area contributed by atoms with Crippen molar-refractivity contribution in [2.75, 3.05) is 19.7 Å². The molecule has 1 atom stereocenters. The second kappa shape index (κ2) is 6.24. The zero-order valence-electron chi connectivity index (χ0n) is 11.4. The molecule has 4 nitrogen and oxygen atoms in total. The molecule has 1 saturated heterocycles. The summed E-state index contributed by atoms with van der Waals surface area (Å²) in [4.78, 5) is 18.2. The van der Waals surface area contributed by atoms with Crippen LogP contribution in [0.3, 0.4) is 0 Å². The molecule has 0 bridgehead atoms. The Morgan fingerprint density at radius 2 is 2.10 bits per heavy atom. The Labute approximate surface area is 128 Å². The largest absolute Gasteiger partial charge is 0.370 e. The van der Waals surface area contributed by atoms with Crippen LogP contribution in [0.1, 0.15) is 22.0 Å². The van der Waals surface area contributed by atoms with Gasteiger partial charge in [0.25, 0.3) is 5.91 Å². The van der Waals surface area contributed by atoms with Gasteiger partial charge in [-0.3, -0.25) is 9.78 Å². The third-order valence-electron chi connectivity index (χ3n) is 3.50. The lowest BCUT2D eigenvalue weighted by atomic mass is 10.1. The average molecular weight is 303 g/mol. The van der Waals surface area contributed by atoms with Crippen molar-refractivity contribution in [1.82, 2.24) is 9.88 Å². The van der Waals surface area contributed by atoms with E-state index in [0.29, 0.717) is 30.3 Å².